The molecule has 2 aromatic rings. The molecule has 0 spiro atoms. The van der Waals surface area contributed by atoms with Crippen LogP contribution >= 0.6 is 0 Å². The third-order valence-electron chi connectivity index (χ3n) is 4.27. The molecule has 0 atom stereocenters. The molecule has 0 bridgehead atoms. The van der Waals surface area contributed by atoms with E-state index in [1.165, 1.54) is 6.26 Å². The molecule has 2 heterocycles. The molecule has 5 nitrogen and oxygen atoms in total. The van der Waals surface area contributed by atoms with Crippen LogP contribution in [0, 0.1) is 5.92 Å². The summed E-state index contributed by atoms with van der Waals surface area (Å²) < 4.78 is 29.0. The number of ether oxygens (including phenoxy) is 1. The van der Waals surface area contributed by atoms with Gasteiger partial charge in [0.1, 0.15) is 5.75 Å². The van der Waals surface area contributed by atoms with Crippen molar-refractivity contribution in [3.63, 3.8) is 0 Å². The average Bonchev–Trinajstić information content (AvgIpc) is 2.60. The van der Waals surface area contributed by atoms with Gasteiger partial charge in [-0.25, -0.2) is 8.42 Å². The van der Waals surface area contributed by atoms with E-state index in [1.54, 1.807) is 36.7 Å². The molecule has 0 unspecified atom stereocenters. The molecule has 1 aromatic carbocycles. The number of sulfone groups is 1. The van der Waals surface area contributed by atoms with E-state index in [9.17, 15) is 8.42 Å². The Morgan fingerprint density at radius 2 is 1.83 bits per heavy atom. The maximum atomic E-state index is 11.5. The molecule has 24 heavy (non-hydrogen) atoms. The first-order valence-electron chi connectivity index (χ1n) is 8.11. The highest BCUT2D eigenvalue weighted by Crippen LogP contribution is 2.25. The molecule has 6 heteroatoms. The van der Waals surface area contributed by atoms with Gasteiger partial charge >= 0.3 is 0 Å². The Labute approximate surface area is 143 Å². The van der Waals surface area contributed by atoms with Gasteiger partial charge in [0.05, 0.1) is 17.7 Å². The minimum absolute atomic E-state index is 0.317. The molecular weight excluding hydrogens is 324 g/mol. The van der Waals surface area contributed by atoms with Crippen molar-refractivity contribution in [3.8, 4) is 16.9 Å². The first-order valence-corrected chi connectivity index (χ1v) is 10.0. The van der Waals surface area contributed by atoms with Crippen LogP contribution in [0.2, 0.25) is 0 Å². The van der Waals surface area contributed by atoms with Crippen LogP contribution in [0.1, 0.15) is 12.8 Å². The second kappa shape index (κ2) is 7.32. The van der Waals surface area contributed by atoms with Crippen LogP contribution < -0.4 is 10.1 Å². The summed E-state index contributed by atoms with van der Waals surface area (Å²) in [6, 6.07) is 8.78. The number of nitrogens with one attached hydrogen (secondary N) is 1. The summed E-state index contributed by atoms with van der Waals surface area (Å²) in [6.45, 7) is 2.82. The minimum Gasteiger partial charge on any atom is -0.492 e. The van der Waals surface area contributed by atoms with E-state index in [0.29, 0.717) is 17.4 Å². The van der Waals surface area contributed by atoms with Crippen molar-refractivity contribution in [2.45, 2.75) is 17.7 Å². The highest BCUT2D eigenvalue weighted by atomic mass is 32.2. The van der Waals surface area contributed by atoms with E-state index >= 15 is 0 Å². The third kappa shape index (κ3) is 4.33. The predicted octanol–water partition coefficient (Wildman–Crippen LogP) is 2.53. The zero-order valence-corrected chi connectivity index (χ0v) is 14.6. The smallest absolute Gasteiger partial charge is 0.175 e. The van der Waals surface area contributed by atoms with Crippen molar-refractivity contribution in [2.24, 2.45) is 5.92 Å². The highest BCUT2D eigenvalue weighted by Gasteiger charge is 2.14. The quantitative estimate of drug-likeness (QED) is 0.901. The fraction of sp³-hybridized carbons (Fsp3) is 0.389. The Morgan fingerprint density at radius 1 is 1.12 bits per heavy atom. The number of pyridine rings is 1. The van der Waals surface area contributed by atoms with Crippen molar-refractivity contribution < 1.29 is 13.2 Å². The maximum absolute atomic E-state index is 11.5. The first kappa shape index (κ1) is 16.9. The third-order valence-corrected chi connectivity index (χ3v) is 5.40. The van der Waals surface area contributed by atoms with Gasteiger partial charge in [-0.3, -0.25) is 4.98 Å². The average molecular weight is 346 g/mol. The summed E-state index contributed by atoms with van der Waals surface area (Å²) >= 11 is 0. The number of nitrogens with zero attached hydrogens (tertiary/aromatic N) is 1. The van der Waals surface area contributed by atoms with Gasteiger partial charge in [0.2, 0.25) is 0 Å². The summed E-state index contributed by atoms with van der Waals surface area (Å²) in [5.74, 6) is 1.34. The van der Waals surface area contributed by atoms with Crippen molar-refractivity contribution in [2.75, 3.05) is 26.0 Å². The van der Waals surface area contributed by atoms with E-state index in [2.05, 4.69) is 10.3 Å². The number of benzene rings is 1. The largest absolute Gasteiger partial charge is 0.492 e. The fourth-order valence-electron chi connectivity index (χ4n) is 2.81. The van der Waals surface area contributed by atoms with E-state index in [1.807, 2.05) is 6.07 Å². The zero-order chi connectivity index (χ0) is 17.0. The van der Waals surface area contributed by atoms with E-state index in [4.69, 9.17) is 4.74 Å². The molecule has 128 valence electrons. The summed E-state index contributed by atoms with van der Waals surface area (Å²) in [5.41, 5.74) is 1.83. The van der Waals surface area contributed by atoms with Crippen LogP contribution in [0.25, 0.3) is 11.1 Å². The van der Waals surface area contributed by atoms with Crippen LogP contribution in [0.15, 0.2) is 47.6 Å². The van der Waals surface area contributed by atoms with E-state index in [-0.39, 0.29) is 0 Å². The molecule has 0 saturated carbocycles. The normalized spacial score (nSPS) is 16.0. The van der Waals surface area contributed by atoms with Gasteiger partial charge in [-0.05, 0) is 55.6 Å². The maximum Gasteiger partial charge on any atom is 0.175 e. The van der Waals surface area contributed by atoms with Crippen molar-refractivity contribution in [3.05, 3.63) is 42.7 Å². The number of aromatic nitrogens is 1. The summed E-state index contributed by atoms with van der Waals surface area (Å²) in [7, 11) is -3.18. The second-order valence-electron chi connectivity index (χ2n) is 6.21. The molecule has 0 amide bonds. The van der Waals surface area contributed by atoms with Gasteiger partial charge in [-0.2, -0.15) is 0 Å². The molecule has 1 aliphatic heterocycles. The Balaban J connectivity index is 1.70. The number of hydrogen-bond donors (Lipinski definition) is 1. The van der Waals surface area contributed by atoms with Gasteiger partial charge in [-0.15, -0.1) is 0 Å². The lowest BCUT2D eigenvalue weighted by atomic mass is 9.99. The SMILES string of the molecule is CS(=O)(=O)c1ccc(-c2cncc(OCC3CCNCC3)c2)cc1. The fourth-order valence-corrected chi connectivity index (χ4v) is 3.44. The standard InChI is InChI=1S/C18H22N2O3S/c1-24(21,22)18-4-2-15(3-5-18)16-10-17(12-20-11-16)23-13-14-6-8-19-9-7-14/h2-5,10-12,14,19H,6-9,13H2,1H3. The Kier molecular flexibility index (Phi) is 5.16. The molecule has 0 aliphatic carbocycles. The molecular formula is C18H22N2O3S. The van der Waals surface area contributed by atoms with Crippen LogP contribution in [0.5, 0.6) is 5.75 Å². The Hall–Kier alpha value is -1.92. The lowest BCUT2D eigenvalue weighted by molar-refractivity contribution is 0.214. The summed E-state index contributed by atoms with van der Waals surface area (Å²) in [6.07, 6.45) is 6.96. The predicted molar refractivity (Wildman–Crippen MR) is 93.9 cm³/mol. The van der Waals surface area contributed by atoms with Crippen LogP contribution in [-0.4, -0.2) is 39.4 Å². The molecule has 3 rings (SSSR count). The van der Waals surface area contributed by atoms with Crippen LogP contribution in [0.4, 0.5) is 0 Å². The van der Waals surface area contributed by atoms with Crippen LogP contribution in [0.3, 0.4) is 0 Å². The van der Waals surface area contributed by atoms with Crippen LogP contribution in [-0.2, 0) is 9.84 Å². The molecule has 1 fully saturated rings. The molecule has 1 N–H and O–H groups in total. The molecule has 1 saturated heterocycles. The monoisotopic (exact) mass is 346 g/mol. The van der Waals surface area contributed by atoms with Gasteiger partial charge in [-0.1, -0.05) is 12.1 Å². The van der Waals surface area contributed by atoms with Gasteiger partial charge in [0.25, 0.3) is 0 Å². The lowest BCUT2D eigenvalue weighted by Gasteiger charge is -2.22. The number of piperidine rings is 1. The lowest BCUT2D eigenvalue weighted by Crippen LogP contribution is -2.30. The van der Waals surface area contributed by atoms with Crippen molar-refractivity contribution in [1.29, 1.82) is 0 Å². The van der Waals surface area contributed by atoms with Crippen molar-refractivity contribution >= 4 is 9.84 Å². The summed E-state index contributed by atoms with van der Waals surface area (Å²) in [4.78, 5) is 4.56. The van der Waals surface area contributed by atoms with E-state index in [0.717, 1.165) is 42.8 Å². The molecule has 1 aliphatic rings. The Morgan fingerprint density at radius 3 is 2.50 bits per heavy atom. The van der Waals surface area contributed by atoms with Gasteiger partial charge in [0.15, 0.2) is 9.84 Å². The first-order chi connectivity index (χ1) is 11.5. The van der Waals surface area contributed by atoms with Crippen molar-refractivity contribution in [1.82, 2.24) is 10.3 Å². The minimum atomic E-state index is -3.18. The number of rotatable bonds is 5. The number of hydrogen-bond acceptors (Lipinski definition) is 5. The molecule has 1 aromatic heterocycles. The second-order valence-corrected chi connectivity index (χ2v) is 8.23. The zero-order valence-electron chi connectivity index (χ0n) is 13.7. The molecule has 0 radical (unpaired) electrons. The van der Waals surface area contributed by atoms with Gasteiger partial charge < -0.3 is 10.1 Å². The topological polar surface area (TPSA) is 68.3 Å². The summed E-state index contributed by atoms with van der Waals surface area (Å²) in [5, 5.41) is 3.35. The Bertz CT molecular complexity index is 782. The highest BCUT2D eigenvalue weighted by molar-refractivity contribution is 7.90. The van der Waals surface area contributed by atoms with E-state index < -0.39 is 9.84 Å². The van der Waals surface area contributed by atoms with Gasteiger partial charge in [0, 0.05) is 18.0 Å².